The zero-order valence-electron chi connectivity index (χ0n) is 13.0. The van der Waals surface area contributed by atoms with Crippen molar-refractivity contribution in [3.8, 4) is 0 Å². The average molecular weight is 329 g/mol. The van der Waals surface area contributed by atoms with Crippen molar-refractivity contribution < 1.29 is 9.53 Å². The van der Waals surface area contributed by atoms with Gasteiger partial charge in [0.1, 0.15) is 5.82 Å². The lowest BCUT2D eigenvalue weighted by molar-refractivity contribution is 0.0526. The van der Waals surface area contributed by atoms with Crippen LogP contribution in [0.5, 0.6) is 0 Å². The van der Waals surface area contributed by atoms with Crippen LogP contribution in [0.15, 0.2) is 42.5 Å². The van der Waals surface area contributed by atoms with Gasteiger partial charge in [-0.05, 0) is 43.7 Å². The van der Waals surface area contributed by atoms with Crippen molar-refractivity contribution in [3.63, 3.8) is 0 Å². The van der Waals surface area contributed by atoms with E-state index in [9.17, 15) is 4.79 Å². The number of ether oxygens (including phenoxy) is 1. The maximum Gasteiger partial charge on any atom is 0.338 e. The summed E-state index contributed by atoms with van der Waals surface area (Å²) in [5, 5.41) is 0.718. The molecule has 0 aliphatic carbocycles. The second kappa shape index (κ2) is 6.42. The third-order valence-corrected chi connectivity index (χ3v) is 4.11. The van der Waals surface area contributed by atoms with Gasteiger partial charge in [0.2, 0.25) is 0 Å². The molecular weight excluding hydrogens is 312 g/mol. The number of benzene rings is 2. The highest BCUT2D eigenvalue weighted by atomic mass is 35.5. The van der Waals surface area contributed by atoms with Gasteiger partial charge in [-0.3, -0.25) is 0 Å². The van der Waals surface area contributed by atoms with Crippen LogP contribution in [0.1, 0.15) is 28.7 Å². The number of aromatic nitrogens is 2. The summed E-state index contributed by atoms with van der Waals surface area (Å²) in [4.78, 5) is 16.5. The Labute approximate surface area is 139 Å². The highest BCUT2D eigenvalue weighted by Crippen LogP contribution is 2.22. The van der Waals surface area contributed by atoms with E-state index in [0.717, 1.165) is 27.4 Å². The second-order valence-corrected chi connectivity index (χ2v) is 5.67. The molecule has 118 valence electrons. The van der Waals surface area contributed by atoms with Gasteiger partial charge >= 0.3 is 5.97 Å². The van der Waals surface area contributed by atoms with Crippen LogP contribution in [0, 0.1) is 6.92 Å². The Morgan fingerprint density at radius 2 is 2.04 bits per heavy atom. The van der Waals surface area contributed by atoms with Gasteiger partial charge in [-0.15, -0.1) is 0 Å². The van der Waals surface area contributed by atoms with E-state index in [-0.39, 0.29) is 5.97 Å². The van der Waals surface area contributed by atoms with Crippen LogP contribution >= 0.6 is 11.6 Å². The van der Waals surface area contributed by atoms with Crippen LogP contribution in [-0.2, 0) is 11.3 Å². The van der Waals surface area contributed by atoms with Gasteiger partial charge < -0.3 is 9.30 Å². The molecule has 23 heavy (non-hydrogen) atoms. The van der Waals surface area contributed by atoms with Crippen LogP contribution in [0.25, 0.3) is 11.0 Å². The van der Waals surface area contributed by atoms with E-state index in [1.165, 1.54) is 0 Å². The maximum atomic E-state index is 11.9. The molecule has 0 unspecified atom stereocenters. The van der Waals surface area contributed by atoms with Gasteiger partial charge in [0.15, 0.2) is 0 Å². The fourth-order valence-electron chi connectivity index (χ4n) is 2.58. The molecule has 0 aliphatic rings. The first kappa shape index (κ1) is 15.6. The molecule has 5 heteroatoms. The molecule has 0 amide bonds. The minimum atomic E-state index is -0.322. The van der Waals surface area contributed by atoms with Gasteiger partial charge in [-0.2, -0.15) is 0 Å². The van der Waals surface area contributed by atoms with Crippen molar-refractivity contribution in [1.82, 2.24) is 9.55 Å². The van der Waals surface area contributed by atoms with Gasteiger partial charge in [-0.25, -0.2) is 9.78 Å². The van der Waals surface area contributed by atoms with Crippen molar-refractivity contribution in [1.29, 1.82) is 0 Å². The Morgan fingerprint density at radius 1 is 1.26 bits per heavy atom. The standard InChI is InChI=1S/C18H17ClN2O2/c1-3-23-18(22)13-8-9-16-17(10-13)21(12(2)20-16)11-14-6-4-5-7-15(14)19/h4-10H,3,11H2,1-2H3. The normalized spacial score (nSPS) is 10.9. The number of aryl methyl sites for hydroxylation is 1. The highest BCUT2D eigenvalue weighted by Gasteiger charge is 2.13. The number of halogens is 1. The molecule has 2 aromatic carbocycles. The number of rotatable bonds is 4. The van der Waals surface area contributed by atoms with Crippen molar-refractivity contribution >= 4 is 28.6 Å². The van der Waals surface area contributed by atoms with Gasteiger partial charge in [-0.1, -0.05) is 29.8 Å². The molecule has 3 rings (SSSR count). The average Bonchev–Trinajstić information content (AvgIpc) is 2.85. The number of nitrogens with zero attached hydrogens (tertiary/aromatic N) is 2. The number of carbonyl (C=O) groups excluding carboxylic acids is 1. The summed E-state index contributed by atoms with van der Waals surface area (Å²) >= 11 is 6.26. The fourth-order valence-corrected chi connectivity index (χ4v) is 2.78. The highest BCUT2D eigenvalue weighted by molar-refractivity contribution is 6.31. The second-order valence-electron chi connectivity index (χ2n) is 5.26. The maximum absolute atomic E-state index is 11.9. The summed E-state index contributed by atoms with van der Waals surface area (Å²) in [5.74, 6) is 0.554. The topological polar surface area (TPSA) is 44.1 Å². The first-order chi connectivity index (χ1) is 11.1. The summed E-state index contributed by atoms with van der Waals surface area (Å²) in [6, 6.07) is 13.1. The molecule has 1 heterocycles. The molecule has 4 nitrogen and oxygen atoms in total. The third kappa shape index (κ3) is 3.08. The number of carbonyl (C=O) groups is 1. The smallest absolute Gasteiger partial charge is 0.338 e. The van der Waals surface area contributed by atoms with Crippen molar-refractivity contribution in [2.75, 3.05) is 6.61 Å². The number of esters is 1. The first-order valence-electron chi connectivity index (χ1n) is 7.47. The Kier molecular flexibility index (Phi) is 4.35. The Bertz CT molecular complexity index is 871. The Hall–Kier alpha value is -2.33. The monoisotopic (exact) mass is 328 g/mol. The fraction of sp³-hybridized carbons (Fsp3) is 0.222. The zero-order chi connectivity index (χ0) is 16.4. The molecule has 0 radical (unpaired) electrons. The minimum absolute atomic E-state index is 0.322. The van der Waals surface area contributed by atoms with E-state index in [1.807, 2.05) is 43.3 Å². The van der Waals surface area contributed by atoms with E-state index < -0.39 is 0 Å². The summed E-state index contributed by atoms with van der Waals surface area (Å²) in [6.45, 7) is 4.70. The van der Waals surface area contributed by atoms with Gasteiger partial charge in [0, 0.05) is 5.02 Å². The Morgan fingerprint density at radius 3 is 2.78 bits per heavy atom. The van der Waals surface area contributed by atoms with E-state index in [4.69, 9.17) is 16.3 Å². The van der Waals surface area contributed by atoms with Crippen molar-refractivity contribution in [2.45, 2.75) is 20.4 Å². The van der Waals surface area contributed by atoms with E-state index in [2.05, 4.69) is 9.55 Å². The molecule has 0 saturated carbocycles. The summed E-state index contributed by atoms with van der Waals surface area (Å²) in [6.07, 6.45) is 0. The molecule has 0 aliphatic heterocycles. The van der Waals surface area contributed by atoms with Crippen LogP contribution in [0.2, 0.25) is 5.02 Å². The molecule has 0 atom stereocenters. The van der Waals surface area contributed by atoms with Crippen molar-refractivity contribution in [3.05, 3.63) is 64.4 Å². The van der Waals surface area contributed by atoms with Crippen LogP contribution < -0.4 is 0 Å². The molecule has 0 spiro atoms. The predicted octanol–water partition coefficient (Wildman–Crippen LogP) is 4.22. The first-order valence-corrected chi connectivity index (χ1v) is 7.85. The SMILES string of the molecule is CCOC(=O)c1ccc2nc(C)n(Cc3ccccc3Cl)c2c1. The molecule has 0 saturated heterocycles. The summed E-state index contributed by atoms with van der Waals surface area (Å²) < 4.78 is 7.13. The van der Waals surface area contributed by atoms with E-state index in [0.29, 0.717) is 18.7 Å². The Balaban J connectivity index is 2.05. The quantitative estimate of drug-likeness (QED) is 0.673. The van der Waals surface area contributed by atoms with Crippen LogP contribution in [0.3, 0.4) is 0 Å². The van der Waals surface area contributed by atoms with Gasteiger partial charge in [0.25, 0.3) is 0 Å². The molecule has 0 N–H and O–H groups in total. The number of fused-ring (bicyclic) bond motifs is 1. The van der Waals surface area contributed by atoms with E-state index >= 15 is 0 Å². The van der Waals surface area contributed by atoms with Gasteiger partial charge in [0.05, 0.1) is 29.7 Å². The molecule has 3 aromatic rings. The number of hydrogen-bond donors (Lipinski definition) is 0. The molecule has 0 bridgehead atoms. The molecular formula is C18H17ClN2O2. The largest absolute Gasteiger partial charge is 0.462 e. The summed E-state index contributed by atoms with van der Waals surface area (Å²) in [5.41, 5.74) is 3.29. The lowest BCUT2D eigenvalue weighted by Crippen LogP contribution is -2.06. The van der Waals surface area contributed by atoms with Crippen LogP contribution in [-0.4, -0.2) is 22.1 Å². The predicted molar refractivity (Wildman–Crippen MR) is 91.0 cm³/mol. The molecule has 0 fully saturated rings. The molecule has 1 aromatic heterocycles. The number of imidazole rings is 1. The van der Waals surface area contributed by atoms with E-state index in [1.54, 1.807) is 13.0 Å². The minimum Gasteiger partial charge on any atom is -0.462 e. The third-order valence-electron chi connectivity index (χ3n) is 3.74. The van der Waals surface area contributed by atoms with Crippen molar-refractivity contribution in [2.24, 2.45) is 0 Å². The number of hydrogen-bond acceptors (Lipinski definition) is 3. The van der Waals surface area contributed by atoms with Crippen LogP contribution in [0.4, 0.5) is 0 Å². The lowest BCUT2D eigenvalue weighted by Gasteiger charge is -2.09. The lowest BCUT2D eigenvalue weighted by atomic mass is 10.2. The summed E-state index contributed by atoms with van der Waals surface area (Å²) in [7, 11) is 0. The zero-order valence-corrected chi connectivity index (χ0v) is 13.8.